The molecule has 0 N–H and O–H groups in total. The number of thiazole rings is 1. The quantitative estimate of drug-likeness (QED) is 0.427. The Kier molecular flexibility index (Phi) is 5.53. The highest BCUT2D eigenvalue weighted by Gasteiger charge is 2.31. The molecule has 0 aliphatic carbocycles. The van der Waals surface area contributed by atoms with Crippen LogP contribution < -0.4 is 4.74 Å². The van der Waals surface area contributed by atoms with Crippen molar-refractivity contribution in [3.8, 4) is 5.75 Å². The predicted molar refractivity (Wildman–Crippen MR) is 114 cm³/mol. The molecule has 4 nitrogen and oxygen atoms in total. The van der Waals surface area contributed by atoms with Gasteiger partial charge in [-0.15, -0.1) is 11.3 Å². The molecular formula is C23H22N2O2S. The number of rotatable bonds is 6. The number of ether oxygens (including phenoxy) is 1. The van der Waals surface area contributed by atoms with E-state index in [4.69, 9.17) is 9.72 Å². The van der Waals surface area contributed by atoms with Crippen molar-refractivity contribution >= 4 is 33.5 Å². The fourth-order valence-electron chi connectivity index (χ4n) is 3.41. The van der Waals surface area contributed by atoms with E-state index in [9.17, 15) is 4.79 Å². The first-order valence-electron chi connectivity index (χ1n) is 9.42. The summed E-state index contributed by atoms with van der Waals surface area (Å²) < 4.78 is 6.65. The Balaban J connectivity index is 1.46. The number of carbonyl (C=O) groups is 1. The van der Waals surface area contributed by atoms with Crippen LogP contribution in [0.1, 0.15) is 29.5 Å². The van der Waals surface area contributed by atoms with Gasteiger partial charge in [-0.25, -0.2) is 4.98 Å². The molecule has 4 rings (SSSR count). The minimum atomic E-state index is 0.0359. The van der Waals surface area contributed by atoms with E-state index in [0.717, 1.165) is 41.2 Å². The Hall–Kier alpha value is -2.92. The Morgan fingerprint density at radius 2 is 2.07 bits per heavy atom. The summed E-state index contributed by atoms with van der Waals surface area (Å²) in [7, 11) is 0. The van der Waals surface area contributed by atoms with Gasteiger partial charge in [0.2, 0.25) is 5.91 Å². The highest BCUT2D eigenvalue weighted by Crippen LogP contribution is 2.36. The number of para-hydroxylation sites is 1. The lowest BCUT2D eigenvalue weighted by Crippen LogP contribution is -2.28. The van der Waals surface area contributed by atoms with E-state index in [1.807, 2.05) is 53.4 Å². The smallest absolute Gasteiger partial charge is 0.247 e. The molecule has 1 aliphatic rings. The van der Waals surface area contributed by atoms with Gasteiger partial charge >= 0.3 is 0 Å². The van der Waals surface area contributed by atoms with Crippen LogP contribution in [0.4, 0.5) is 0 Å². The highest BCUT2D eigenvalue weighted by molar-refractivity contribution is 7.18. The van der Waals surface area contributed by atoms with E-state index in [0.29, 0.717) is 6.61 Å². The number of carbonyl (C=O) groups excluding carboxylic acids is 1. The largest absolute Gasteiger partial charge is 0.490 e. The summed E-state index contributed by atoms with van der Waals surface area (Å²) in [6, 6.07) is 15.9. The molecule has 1 saturated heterocycles. The lowest BCUT2D eigenvalue weighted by molar-refractivity contribution is -0.126. The van der Waals surface area contributed by atoms with Gasteiger partial charge in [-0.3, -0.25) is 4.79 Å². The summed E-state index contributed by atoms with van der Waals surface area (Å²) >= 11 is 1.69. The van der Waals surface area contributed by atoms with Crippen molar-refractivity contribution in [2.75, 3.05) is 13.2 Å². The van der Waals surface area contributed by atoms with Crippen molar-refractivity contribution in [1.82, 2.24) is 9.88 Å². The average Bonchev–Trinajstić information content (AvgIpc) is 3.37. The molecule has 1 aliphatic heterocycles. The molecule has 1 aromatic heterocycles. The maximum atomic E-state index is 12.8. The lowest BCUT2D eigenvalue weighted by atomic mass is 10.2. The molecule has 1 amide bonds. The van der Waals surface area contributed by atoms with Gasteiger partial charge in [0.1, 0.15) is 17.4 Å². The SMILES string of the molecule is C=CCOc1ccc(C=CC(=O)N2CCCC2c2nc3ccccc3s2)cc1. The van der Waals surface area contributed by atoms with Crippen LogP contribution in [0.5, 0.6) is 5.75 Å². The fraction of sp³-hybridized carbons (Fsp3) is 0.217. The van der Waals surface area contributed by atoms with E-state index < -0.39 is 0 Å². The number of likely N-dealkylation sites (tertiary alicyclic amines) is 1. The first kappa shape index (κ1) is 18.4. The molecule has 2 aromatic carbocycles. The molecule has 1 unspecified atom stereocenters. The summed E-state index contributed by atoms with van der Waals surface area (Å²) in [4.78, 5) is 19.5. The third kappa shape index (κ3) is 3.99. The molecule has 1 atom stereocenters. The fourth-order valence-corrected chi connectivity index (χ4v) is 4.53. The first-order chi connectivity index (χ1) is 13.7. The number of amides is 1. The zero-order valence-corrected chi connectivity index (χ0v) is 16.4. The zero-order valence-electron chi connectivity index (χ0n) is 15.6. The van der Waals surface area contributed by atoms with Crippen molar-refractivity contribution in [2.24, 2.45) is 0 Å². The summed E-state index contributed by atoms with van der Waals surface area (Å²) in [6.45, 7) is 4.90. The number of fused-ring (bicyclic) bond motifs is 1. The Labute approximate surface area is 168 Å². The van der Waals surface area contributed by atoms with E-state index >= 15 is 0 Å². The molecule has 0 saturated carbocycles. The number of benzene rings is 2. The lowest BCUT2D eigenvalue weighted by Gasteiger charge is -2.21. The van der Waals surface area contributed by atoms with Gasteiger partial charge in [0.15, 0.2) is 0 Å². The molecule has 142 valence electrons. The molecule has 1 fully saturated rings. The van der Waals surface area contributed by atoms with Crippen molar-refractivity contribution in [3.05, 3.63) is 77.8 Å². The van der Waals surface area contributed by atoms with Crippen LogP contribution in [0.15, 0.2) is 67.3 Å². The zero-order chi connectivity index (χ0) is 19.3. The maximum absolute atomic E-state index is 12.8. The van der Waals surface area contributed by atoms with Crippen LogP contribution in [0.3, 0.4) is 0 Å². The van der Waals surface area contributed by atoms with Gasteiger partial charge in [0, 0.05) is 12.6 Å². The second-order valence-electron chi connectivity index (χ2n) is 6.71. The summed E-state index contributed by atoms with van der Waals surface area (Å²) in [6.07, 6.45) is 7.20. The van der Waals surface area contributed by atoms with E-state index in [-0.39, 0.29) is 11.9 Å². The van der Waals surface area contributed by atoms with E-state index in [1.54, 1.807) is 23.5 Å². The molecule has 0 bridgehead atoms. The summed E-state index contributed by atoms with van der Waals surface area (Å²) in [5, 5.41) is 1.03. The standard InChI is InChI=1S/C23H22N2O2S/c1-2-16-27-18-12-9-17(10-13-18)11-14-22(26)25-15-5-7-20(25)23-24-19-6-3-4-8-21(19)28-23/h2-4,6,8-14,20H,1,5,7,15-16H2. The molecular weight excluding hydrogens is 368 g/mol. The number of nitrogens with zero attached hydrogens (tertiary/aromatic N) is 2. The highest BCUT2D eigenvalue weighted by atomic mass is 32.1. The van der Waals surface area contributed by atoms with Gasteiger partial charge in [-0.05, 0) is 48.7 Å². The second-order valence-corrected chi connectivity index (χ2v) is 7.77. The number of aromatic nitrogens is 1. The third-order valence-electron chi connectivity index (χ3n) is 4.80. The van der Waals surface area contributed by atoms with Crippen molar-refractivity contribution < 1.29 is 9.53 Å². The van der Waals surface area contributed by atoms with Crippen LogP contribution in [0, 0.1) is 0 Å². The van der Waals surface area contributed by atoms with Gasteiger partial charge < -0.3 is 9.64 Å². The van der Waals surface area contributed by atoms with Crippen LogP contribution in [-0.4, -0.2) is 28.9 Å². The molecule has 0 radical (unpaired) electrons. The molecule has 5 heteroatoms. The summed E-state index contributed by atoms with van der Waals surface area (Å²) in [5.74, 6) is 0.826. The molecule has 2 heterocycles. The third-order valence-corrected chi connectivity index (χ3v) is 5.94. The van der Waals surface area contributed by atoms with Crippen LogP contribution in [0.25, 0.3) is 16.3 Å². The van der Waals surface area contributed by atoms with Gasteiger partial charge in [0.05, 0.1) is 16.3 Å². The van der Waals surface area contributed by atoms with Gasteiger partial charge in [0.25, 0.3) is 0 Å². The summed E-state index contributed by atoms with van der Waals surface area (Å²) in [5.41, 5.74) is 1.98. The van der Waals surface area contributed by atoms with Crippen molar-refractivity contribution in [2.45, 2.75) is 18.9 Å². The number of hydrogen-bond acceptors (Lipinski definition) is 4. The second kappa shape index (κ2) is 8.40. The normalized spacial score (nSPS) is 16.7. The Bertz CT molecular complexity index is 974. The number of hydrogen-bond donors (Lipinski definition) is 0. The minimum absolute atomic E-state index is 0.0359. The molecule has 28 heavy (non-hydrogen) atoms. The van der Waals surface area contributed by atoms with E-state index in [1.165, 1.54) is 4.70 Å². The first-order valence-corrected chi connectivity index (χ1v) is 10.2. The topological polar surface area (TPSA) is 42.4 Å². The monoisotopic (exact) mass is 390 g/mol. The predicted octanol–water partition coefficient (Wildman–Crippen LogP) is 5.24. The van der Waals surface area contributed by atoms with Gasteiger partial charge in [-0.2, -0.15) is 0 Å². The van der Waals surface area contributed by atoms with Crippen molar-refractivity contribution in [3.63, 3.8) is 0 Å². The Morgan fingerprint density at radius 3 is 2.86 bits per heavy atom. The Morgan fingerprint density at radius 1 is 1.25 bits per heavy atom. The molecule has 3 aromatic rings. The van der Waals surface area contributed by atoms with Gasteiger partial charge in [-0.1, -0.05) is 36.9 Å². The van der Waals surface area contributed by atoms with Crippen LogP contribution in [-0.2, 0) is 4.79 Å². The minimum Gasteiger partial charge on any atom is -0.490 e. The maximum Gasteiger partial charge on any atom is 0.247 e. The van der Waals surface area contributed by atoms with E-state index in [2.05, 4.69) is 12.6 Å². The van der Waals surface area contributed by atoms with Crippen LogP contribution >= 0.6 is 11.3 Å². The molecule has 0 spiro atoms. The van der Waals surface area contributed by atoms with Crippen molar-refractivity contribution in [1.29, 1.82) is 0 Å². The van der Waals surface area contributed by atoms with Crippen LogP contribution in [0.2, 0.25) is 0 Å². The average molecular weight is 391 g/mol.